The van der Waals surface area contributed by atoms with Gasteiger partial charge in [0.25, 0.3) is 0 Å². The Morgan fingerprint density at radius 1 is 0.593 bits per heavy atom. The van der Waals surface area contributed by atoms with E-state index >= 15 is 0 Å². The van der Waals surface area contributed by atoms with Crippen molar-refractivity contribution in [3.63, 3.8) is 0 Å². The molecule has 0 radical (unpaired) electrons. The van der Waals surface area contributed by atoms with Crippen LogP contribution in [0.5, 0.6) is 0 Å². The third-order valence-corrected chi connectivity index (χ3v) is 4.02. The highest BCUT2D eigenvalue weighted by atomic mass is 19.4. The number of nitrogens with one attached hydrogen (secondary N) is 3. The van der Waals surface area contributed by atoms with Crippen LogP contribution in [0.1, 0.15) is 11.1 Å². The van der Waals surface area contributed by atoms with Gasteiger partial charge < -0.3 is 16.0 Å². The van der Waals surface area contributed by atoms with Crippen LogP contribution in [-0.4, -0.2) is 6.67 Å². The van der Waals surface area contributed by atoms with Crippen molar-refractivity contribution in [1.82, 2.24) is 0 Å². The Morgan fingerprint density at radius 2 is 1.11 bits per heavy atom. The van der Waals surface area contributed by atoms with Gasteiger partial charge >= 0.3 is 6.18 Å². The van der Waals surface area contributed by atoms with Gasteiger partial charge in [-0.1, -0.05) is 30.3 Å². The van der Waals surface area contributed by atoms with E-state index in [1.54, 1.807) is 0 Å². The first-order valence-corrected chi connectivity index (χ1v) is 8.53. The first-order valence-electron chi connectivity index (χ1n) is 8.53. The van der Waals surface area contributed by atoms with E-state index in [2.05, 4.69) is 16.0 Å². The fraction of sp³-hybridized carbons (Fsp3) is 0.143. The van der Waals surface area contributed by atoms with Gasteiger partial charge in [-0.25, -0.2) is 0 Å². The van der Waals surface area contributed by atoms with Gasteiger partial charge in [0.1, 0.15) is 0 Å². The summed E-state index contributed by atoms with van der Waals surface area (Å²) in [4.78, 5) is 0. The molecule has 6 heteroatoms. The third kappa shape index (κ3) is 5.67. The van der Waals surface area contributed by atoms with Gasteiger partial charge in [0.05, 0.1) is 12.2 Å². The van der Waals surface area contributed by atoms with Crippen LogP contribution in [0, 0.1) is 0 Å². The van der Waals surface area contributed by atoms with Crippen LogP contribution >= 0.6 is 0 Å². The molecule has 0 unspecified atom stereocenters. The average Bonchev–Trinajstić information content (AvgIpc) is 2.68. The maximum atomic E-state index is 12.6. The number of benzene rings is 3. The summed E-state index contributed by atoms with van der Waals surface area (Å²) < 4.78 is 37.7. The molecule has 0 aromatic heterocycles. The highest BCUT2D eigenvalue weighted by molar-refractivity contribution is 5.54. The molecule has 0 aliphatic heterocycles. The van der Waals surface area contributed by atoms with E-state index in [1.807, 2.05) is 54.6 Å². The fourth-order valence-electron chi connectivity index (χ4n) is 2.53. The van der Waals surface area contributed by atoms with E-state index in [1.165, 1.54) is 12.1 Å². The molecular weight excluding hydrogens is 351 g/mol. The number of halogens is 3. The third-order valence-electron chi connectivity index (χ3n) is 4.02. The zero-order valence-corrected chi connectivity index (χ0v) is 14.6. The Labute approximate surface area is 156 Å². The molecule has 0 amide bonds. The Hall–Kier alpha value is -3.15. The maximum Gasteiger partial charge on any atom is 0.416 e. The van der Waals surface area contributed by atoms with E-state index in [9.17, 15) is 13.2 Å². The quantitative estimate of drug-likeness (QED) is 0.460. The minimum atomic E-state index is -4.30. The molecule has 0 fully saturated rings. The number of hydrogen-bond donors (Lipinski definition) is 3. The summed E-state index contributed by atoms with van der Waals surface area (Å²) >= 11 is 0. The van der Waals surface area contributed by atoms with Gasteiger partial charge in [-0.15, -0.1) is 0 Å². The molecule has 0 heterocycles. The molecule has 3 aromatic carbocycles. The van der Waals surface area contributed by atoms with Gasteiger partial charge in [0, 0.05) is 23.6 Å². The van der Waals surface area contributed by atoms with Crippen molar-refractivity contribution >= 4 is 17.1 Å². The van der Waals surface area contributed by atoms with E-state index in [-0.39, 0.29) is 0 Å². The molecule has 0 atom stereocenters. The van der Waals surface area contributed by atoms with Crippen LogP contribution in [-0.2, 0) is 12.7 Å². The number of para-hydroxylation sites is 1. The second-order valence-electron chi connectivity index (χ2n) is 6.02. The number of alkyl halides is 3. The van der Waals surface area contributed by atoms with Gasteiger partial charge in [0.15, 0.2) is 0 Å². The predicted molar refractivity (Wildman–Crippen MR) is 104 cm³/mol. The highest BCUT2D eigenvalue weighted by Crippen LogP contribution is 2.29. The second-order valence-corrected chi connectivity index (χ2v) is 6.02. The summed E-state index contributed by atoms with van der Waals surface area (Å²) in [7, 11) is 0. The molecule has 0 aliphatic rings. The lowest BCUT2D eigenvalue weighted by molar-refractivity contribution is -0.137. The Bertz CT molecular complexity index is 829. The van der Waals surface area contributed by atoms with Crippen molar-refractivity contribution in [2.45, 2.75) is 12.7 Å². The smallest absolute Gasteiger partial charge is 0.381 e. The molecule has 3 rings (SSSR count). The summed E-state index contributed by atoms with van der Waals surface area (Å²) in [6, 6.07) is 22.8. The predicted octanol–water partition coefficient (Wildman–Crippen LogP) is 5.80. The SMILES string of the molecule is FC(F)(F)c1ccc(CNc2ccc(NCNc3ccccc3)cc2)cc1. The van der Waals surface area contributed by atoms with Crippen LogP contribution in [0.15, 0.2) is 78.9 Å². The molecule has 3 nitrogen and oxygen atoms in total. The second kappa shape index (κ2) is 8.49. The Kier molecular flexibility index (Phi) is 5.86. The van der Waals surface area contributed by atoms with Gasteiger partial charge in [-0.3, -0.25) is 0 Å². The molecule has 0 bridgehead atoms. The summed E-state index contributed by atoms with van der Waals surface area (Å²) in [5.41, 5.74) is 3.07. The summed E-state index contributed by atoms with van der Waals surface area (Å²) in [6.07, 6.45) is -4.30. The van der Waals surface area contributed by atoms with Crippen molar-refractivity contribution in [2.75, 3.05) is 22.6 Å². The normalized spacial score (nSPS) is 11.1. The monoisotopic (exact) mass is 371 g/mol. The lowest BCUT2D eigenvalue weighted by Gasteiger charge is -2.11. The fourth-order valence-corrected chi connectivity index (χ4v) is 2.53. The van der Waals surface area contributed by atoms with Crippen LogP contribution in [0.3, 0.4) is 0 Å². The minimum Gasteiger partial charge on any atom is -0.381 e. The first-order chi connectivity index (χ1) is 13.0. The van der Waals surface area contributed by atoms with Crippen LogP contribution in [0.4, 0.5) is 30.2 Å². The lowest BCUT2D eigenvalue weighted by atomic mass is 10.1. The van der Waals surface area contributed by atoms with E-state index in [4.69, 9.17) is 0 Å². The molecule has 0 saturated carbocycles. The van der Waals surface area contributed by atoms with Gasteiger partial charge in [-0.05, 0) is 54.1 Å². The summed E-state index contributed by atoms with van der Waals surface area (Å²) in [5, 5.41) is 9.74. The topological polar surface area (TPSA) is 36.1 Å². The molecule has 0 aliphatic carbocycles. The number of rotatable bonds is 7. The summed E-state index contributed by atoms with van der Waals surface area (Å²) in [6.45, 7) is 1.06. The van der Waals surface area contributed by atoms with Crippen molar-refractivity contribution < 1.29 is 13.2 Å². The highest BCUT2D eigenvalue weighted by Gasteiger charge is 2.29. The molecule has 140 valence electrons. The Morgan fingerprint density at radius 3 is 1.67 bits per heavy atom. The molecule has 0 saturated heterocycles. The lowest BCUT2D eigenvalue weighted by Crippen LogP contribution is -2.11. The number of hydrogen-bond acceptors (Lipinski definition) is 3. The van der Waals surface area contributed by atoms with E-state index in [0.717, 1.165) is 34.8 Å². The minimum absolute atomic E-state index is 0.459. The Balaban J connectivity index is 1.46. The molecule has 3 aromatic rings. The average molecular weight is 371 g/mol. The standard InChI is InChI=1S/C21H20F3N3/c22-21(23,24)17-8-6-16(7-9-17)14-25-19-10-12-20(13-11-19)27-15-26-18-4-2-1-3-5-18/h1-13,25-27H,14-15H2. The largest absolute Gasteiger partial charge is 0.416 e. The zero-order valence-electron chi connectivity index (χ0n) is 14.6. The van der Waals surface area contributed by atoms with Crippen molar-refractivity contribution in [3.8, 4) is 0 Å². The van der Waals surface area contributed by atoms with Crippen LogP contribution < -0.4 is 16.0 Å². The van der Waals surface area contributed by atoms with Crippen LogP contribution in [0.2, 0.25) is 0 Å². The zero-order chi connectivity index (χ0) is 19.1. The van der Waals surface area contributed by atoms with E-state index < -0.39 is 11.7 Å². The summed E-state index contributed by atoms with van der Waals surface area (Å²) in [5.74, 6) is 0. The first kappa shape index (κ1) is 18.6. The molecular formula is C21H20F3N3. The van der Waals surface area contributed by atoms with E-state index in [0.29, 0.717) is 13.2 Å². The van der Waals surface area contributed by atoms with Crippen molar-refractivity contribution in [1.29, 1.82) is 0 Å². The molecule has 0 spiro atoms. The van der Waals surface area contributed by atoms with Gasteiger partial charge in [0.2, 0.25) is 0 Å². The van der Waals surface area contributed by atoms with Gasteiger partial charge in [-0.2, -0.15) is 13.2 Å². The van der Waals surface area contributed by atoms with Crippen LogP contribution in [0.25, 0.3) is 0 Å². The van der Waals surface area contributed by atoms with Crippen molar-refractivity contribution in [2.24, 2.45) is 0 Å². The maximum absolute atomic E-state index is 12.6. The molecule has 27 heavy (non-hydrogen) atoms. The van der Waals surface area contributed by atoms with Crippen molar-refractivity contribution in [3.05, 3.63) is 90.0 Å². The molecule has 3 N–H and O–H groups in total. The number of anilines is 3.